The molecule has 124 valence electrons. The van der Waals surface area contributed by atoms with Crippen LogP contribution in [0.4, 0.5) is 5.69 Å². The molecule has 0 fully saturated rings. The van der Waals surface area contributed by atoms with Gasteiger partial charge in [0.05, 0.1) is 12.3 Å². The van der Waals surface area contributed by atoms with Crippen LogP contribution in [0.2, 0.25) is 0 Å². The monoisotopic (exact) mass is 311 g/mol. The number of allylic oxidation sites excluding steroid dienone is 1. The van der Waals surface area contributed by atoms with E-state index in [1.54, 1.807) is 0 Å². The second-order valence-electron chi connectivity index (χ2n) is 4.12. The Balaban J connectivity index is 0.00000211. The van der Waals surface area contributed by atoms with Crippen molar-refractivity contribution in [3.8, 4) is 5.75 Å². The molecule has 0 saturated carbocycles. The van der Waals surface area contributed by atoms with Gasteiger partial charge < -0.3 is 19.2 Å². The minimum absolute atomic E-state index is 0.0154. The molecule has 0 atom stereocenters. The smallest absolute Gasteiger partial charge is 0.381 e. The van der Waals surface area contributed by atoms with E-state index in [1.165, 1.54) is 20.1 Å². The molecule has 6 nitrogen and oxygen atoms in total. The highest BCUT2D eigenvalue weighted by atomic mass is 16.5. The Hall–Kier alpha value is -2.08. The fourth-order valence-corrected chi connectivity index (χ4v) is 1.39. The zero-order valence-corrected chi connectivity index (χ0v) is 13.9. The first kappa shape index (κ1) is 19.9. The maximum Gasteiger partial charge on any atom is 0.381 e. The van der Waals surface area contributed by atoms with E-state index in [-0.39, 0.29) is 23.9 Å². The molecule has 0 spiro atoms. The van der Waals surface area contributed by atoms with E-state index in [9.17, 15) is 9.59 Å². The number of methoxy groups -OCH3 is 1. The summed E-state index contributed by atoms with van der Waals surface area (Å²) < 4.78 is 15.1. The molecule has 1 rings (SSSR count). The lowest BCUT2D eigenvalue weighted by molar-refractivity contribution is 0.0980. The number of hydrogen-bond acceptors (Lipinski definition) is 6. The Labute approximate surface area is 131 Å². The fourth-order valence-electron chi connectivity index (χ4n) is 1.39. The summed E-state index contributed by atoms with van der Waals surface area (Å²) in [7, 11) is 1.53. The first-order chi connectivity index (χ1) is 10.5. The van der Waals surface area contributed by atoms with Crippen LogP contribution >= 0.6 is 0 Å². The average molecular weight is 311 g/mol. The van der Waals surface area contributed by atoms with Crippen LogP contribution in [-0.2, 0) is 4.74 Å². The van der Waals surface area contributed by atoms with Gasteiger partial charge in [0, 0.05) is 25.8 Å². The van der Waals surface area contributed by atoms with Crippen LogP contribution in [0.1, 0.15) is 44.7 Å². The molecular formula is C16H25NO5. The van der Waals surface area contributed by atoms with E-state index >= 15 is 0 Å². The van der Waals surface area contributed by atoms with Gasteiger partial charge in [-0.05, 0) is 6.42 Å². The lowest BCUT2D eigenvalue weighted by Gasteiger charge is -2.13. The highest BCUT2D eigenvalue weighted by molar-refractivity contribution is 5.92. The van der Waals surface area contributed by atoms with Crippen molar-refractivity contribution >= 4 is 11.5 Å². The van der Waals surface area contributed by atoms with Crippen LogP contribution in [0.3, 0.4) is 0 Å². The summed E-state index contributed by atoms with van der Waals surface area (Å²) in [5.74, 6) is -0.349. The van der Waals surface area contributed by atoms with E-state index in [2.05, 4.69) is 11.9 Å². The normalized spacial score (nSPS) is 9.50. The van der Waals surface area contributed by atoms with Crippen LogP contribution in [0.25, 0.3) is 0 Å². The third-order valence-corrected chi connectivity index (χ3v) is 2.53. The predicted molar refractivity (Wildman–Crippen MR) is 86.8 cm³/mol. The van der Waals surface area contributed by atoms with Gasteiger partial charge >= 0.3 is 5.63 Å². The number of anilines is 1. The van der Waals surface area contributed by atoms with Gasteiger partial charge in [-0.2, -0.15) is 0 Å². The topological polar surface area (TPSA) is 77.8 Å². The van der Waals surface area contributed by atoms with Crippen LogP contribution < -0.4 is 15.7 Å². The summed E-state index contributed by atoms with van der Waals surface area (Å²) in [5, 5.41) is 2.95. The molecule has 0 radical (unpaired) electrons. The Kier molecular flexibility index (Phi) is 9.61. The van der Waals surface area contributed by atoms with Crippen LogP contribution in [-0.4, -0.2) is 26.1 Å². The molecule has 1 aromatic rings. The third kappa shape index (κ3) is 6.13. The van der Waals surface area contributed by atoms with Gasteiger partial charge in [0.2, 0.25) is 5.75 Å². The number of Topliss-reactive ketones (excluding diaryl/α,β-unsaturated/α-hetero) is 1. The summed E-state index contributed by atoms with van der Waals surface area (Å²) in [6.45, 7) is 11.6. The highest BCUT2D eigenvalue weighted by Gasteiger charge is 2.16. The van der Waals surface area contributed by atoms with Gasteiger partial charge in [0.15, 0.2) is 11.5 Å². The standard InChI is InChI=1S/C14H19NO5.C2H6/c1-5-9(2)15-11-8-12(10(3)16)20-14(17)13(11)19-7-6-18-4;1-2/h8,15H,2,5-7H2,1,3-4H3;1-2H3. The molecule has 0 bridgehead atoms. The molecule has 0 aliphatic heterocycles. The van der Waals surface area contributed by atoms with Crippen molar-refractivity contribution in [2.24, 2.45) is 0 Å². The first-order valence-corrected chi connectivity index (χ1v) is 7.25. The second kappa shape index (κ2) is 10.6. The Bertz CT molecular complexity index is 548. The molecule has 1 heterocycles. The van der Waals surface area contributed by atoms with Gasteiger partial charge in [0.25, 0.3) is 0 Å². The minimum atomic E-state index is -0.708. The summed E-state index contributed by atoms with van der Waals surface area (Å²) in [5.41, 5.74) is 0.358. The zero-order valence-electron chi connectivity index (χ0n) is 13.9. The van der Waals surface area contributed by atoms with Gasteiger partial charge in [-0.1, -0.05) is 27.4 Å². The van der Waals surface area contributed by atoms with Gasteiger partial charge in [-0.15, -0.1) is 0 Å². The molecule has 1 N–H and O–H groups in total. The average Bonchev–Trinajstić information content (AvgIpc) is 2.51. The minimum Gasteiger partial charge on any atom is -0.483 e. The van der Waals surface area contributed by atoms with E-state index < -0.39 is 5.63 Å². The number of hydrogen-bond donors (Lipinski definition) is 1. The molecule has 0 aliphatic rings. The lowest BCUT2D eigenvalue weighted by Crippen LogP contribution is -2.16. The van der Waals surface area contributed by atoms with Crippen molar-refractivity contribution in [3.63, 3.8) is 0 Å². The van der Waals surface area contributed by atoms with Crippen LogP contribution in [0.5, 0.6) is 5.75 Å². The lowest BCUT2D eigenvalue weighted by atomic mass is 10.2. The number of carbonyl (C=O) groups is 1. The van der Waals surface area contributed by atoms with Gasteiger partial charge in [0.1, 0.15) is 6.61 Å². The summed E-state index contributed by atoms with van der Waals surface area (Å²) in [6, 6.07) is 1.44. The Morgan fingerprint density at radius 2 is 2.00 bits per heavy atom. The number of carbonyl (C=O) groups excluding carboxylic acids is 1. The number of ketones is 1. The van der Waals surface area contributed by atoms with Crippen molar-refractivity contribution in [1.82, 2.24) is 0 Å². The van der Waals surface area contributed by atoms with E-state index in [0.29, 0.717) is 24.4 Å². The van der Waals surface area contributed by atoms with Crippen molar-refractivity contribution < 1.29 is 18.7 Å². The SMILES string of the molecule is C=C(CC)Nc1cc(C(C)=O)oc(=O)c1OCCOC.CC. The summed E-state index contributed by atoms with van der Waals surface area (Å²) >= 11 is 0. The molecule has 1 aromatic heterocycles. The number of nitrogens with one attached hydrogen (secondary N) is 1. The highest BCUT2D eigenvalue weighted by Crippen LogP contribution is 2.23. The Morgan fingerprint density at radius 1 is 1.36 bits per heavy atom. The molecule has 0 amide bonds. The third-order valence-electron chi connectivity index (χ3n) is 2.53. The Morgan fingerprint density at radius 3 is 2.50 bits per heavy atom. The quantitative estimate of drug-likeness (QED) is 0.586. The molecule has 0 unspecified atom stereocenters. The maximum absolute atomic E-state index is 11.9. The maximum atomic E-state index is 11.9. The number of ether oxygens (including phenoxy) is 2. The van der Waals surface area contributed by atoms with Crippen molar-refractivity contribution in [2.45, 2.75) is 34.1 Å². The van der Waals surface area contributed by atoms with Crippen LogP contribution in [0.15, 0.2) is 27.6 Å². The van der Waals surface area contributed by atoms with Gasteiger partial charge in [-0.3, -0.25) is 4.79 Å². The zero-order chi connectivity index (χ0) is 17.1. The largest absolute Gasteiger partial charge is 0.483 e. The van der Waals surface area contributed by atoms with E-state index in [4.69, 9.17) is 13.9 Å². The van der Waals surface area contributed by atoms with Crippen molar-refractivity contribution in [1.29, 1.82) is 0 Å². The fraction of sp³-hybridized carbons (Fsp3) is 0.500. The van der Waals surface area contributed by atoms with Crippen LogP contribution in [0, 0.1) is 0 Å². The van der Waals surface area contributed by atoms with E-state index in [0.717, 1.165) is 0 Å². The van der Waals surface area contributed by atoms with E-state index in [1.807, 2.05) is 20.8 Å². The molecule has 0 aliphatic carbocycles. The predicted octanol–water partition coefficient (Wildman–Crippen LogP) is 3.23. The molecule has 0 aromatic carbocycles. The van der Waals surface area contributed by atoms with Crippen molar-refractivity contribution in [2.75, 3.05) is 25.6 Å². The number of rotatable bonds is 8. The molecule has 6 heteroatoms. The summed E-state index contributed by atoms with van der Waals surface area (Å²) in [6.07, 6.45) is 0.674. The summed E-state index contributed by atoms with van der Waals surface area (Å²) in [4.78, 5) is 23.2. The molecule has 22 heavy (non-hydrogen) atoms. The molecule has 0 saturated heterocycles. The molecular weight excluding hydrogens is 286 g/mol. The first-order valence-electron chi connectivity index (χ1n) is 7.25. The van der Waals surface area contributed by atoms with Crippen molar-refractivity contribution in [3.05, 3.63) is 34.5 Å². The van der Waals surface area contributed by atoms with Gasteiger partial charge in [-0.25, -0.2) is 4.79 Å². The second-order valence-corrected chi connectivity index (χ2v) is 4.12.